The van der Waals surface area contributed by atoms with Crippen LogP contribution in [0.5, 0.6) is 0 Å². The minimum atomic E-state index is -3.63. The maximum atomic E-state index is 12.3. The van der Waals surface area contributed by atoms with Gasteiger partial charge < -0.3 is 10.1 Å². The molecular formula is C22H26N2O5S. The maximum absolute atomic E-state index is 12.3. The number of fused-ring (bicyclic) bond motifs is 1. The quantitative estimate of drug-likeness (QED) is 0.658. The Morgan fingerprint density at radius 2 is 1.80 bits per heavy atom. The first-order chi connectivity index (χ1) is 14.3. The SMILES string of the molecule is CC(C)NS(=O)(=O)c1ccc(C(=O)OCC(=O)NC2CCCc3ccccc32)cc1. The van der Waals surface area contributed by atoms with Crippen LogP contribution in [0.2, 0.25) is 0 Å². The van der Waals surface area contributed by atoms with Crippen LogP contribution in [0, 0.1) is 0 Å². The predicted molar refractivity (Wildman–Crippen MR) is 112 cm³/mol. The summed E-state index contributed by atoms with van der Waals surface area (Å²) in [4.78, 5) is 24.5. The van der Waals surface area contributed by atoms with E-state index in [1.807, 2.05) is 18.2 Å². The number of hydrogen-bond acceptors (Lipinski definition) is 5. The standard InChI is InChI=1S/C22H26N2O5S/c1-15(2)24-30(27,28)18-12-10-17(11-13-18)22(26)29-14-21(25)23-20-9-5-7-16-6-3-4-8-19(16)20/h3-4,6,8,10-13,15,20,24H,5,7,9,14H2,1-2H3,(H,23,25). The molecule has 1 atom stereocenters. The summed E-state index contributed by atoms with van der Waals surface area (Å²) in [6, 6.07) is 13.1. The van der Waals surface area contributed by atoms with E-state index < -0.39 is 22.6 Å². The molecule has 0 aliphatic heterocycles. The molecule has 0 saturated carbocycles. The number of amides is 1. The lowest BCUT2D eigenvalue weighted by Crippen LogP contribution is -2.34. The van der Waals surface area contributed by atoms with E-state index in [1.54, 1.807) is 13.8 Å². The molecule has 160 valence electrons. The van der Waals surface area contributed by atoms with E-state index in [9.17, 15) is 18.0 Å². The summed E-state index contributed by atoms with van der Waals surface area (Å²) in [6.07, 6.45) is 2.83. The van der Waals surface area contributed by atoms with Gasteiger partial charge in [-0.05, 0) is 68.5 Å². The molecule has 1 aliphatic rings. The van der Waals surface area contributed by atoms with Gasteiger partial charge in [-0.1, -0.05) is 24.3 Å². The van der Waals surface area contributed by atoms with Crippen molar-refractivity contribution in [1.82, 2.24) is 10.0 Å². The van der Waals surface area contributed by atoms with Gasteiger partial charge in [-0.25, -0.2) is 17.9 Å². The van der Waals surface area contributed by atoms with Gasteiger partial charge in [0.2, 0.25) is 10.0 Å². The Kier molecular flexibility index (Phi) is 6.89. The number of hydrogen-bond donors (Lipinski definition) is 2. The molecule has 0 saturated heterocycles. The van der Waals surface area contributed by atoms with Crippen molar-refractivity contribution < 1.29 is 22.7 Å². The van der Waals surface area contributed by atoms with Gasteiger partial charge in [0, 0.05) is 6.04 Å². The monoisotopic (exact) mass is 430 g/mol. The van der Waals surface area contributed by atoms with Crippen LogP contribution in [0.3, 0.4) is 0 Å². The number of carbonyl (C=O) groups is 2. The van der Waals surface area contributed by atoms with Crippen molar-refractivity contribution >= 4 is 21.9 Å². The number of sulfonamides is 1. The molecule has 0 radical (unpaired) electrons. The number of esters is 1. The van der Waals surface area contributed by atoms with Crippen molar-refractivity contribution in [3.8, 4) is 0 Å². The van der Waals surface area contributed by atoms with Gasteiger partial charge in [0.25, 0.3) is 5.91 Å². The van der Waals surface area contributed by atoms with Gasteiger partial charge in [0.1, 0.15) is 0 Å². The van der Waals surface area contributed by atoms with Crippen LogP contribution in [-0.4, -0.2) is 32.9 Å². The van der Waals surface area contributed by atoms with Crippen LogP contribution in [0.4, 0.5) is 0 Å². The van der Waals surface area contributed by atoms with Gasteiger partial charge in [-0.2, -0.15) is 0 Å². The lowest BCUT2D eigenvalue weighted by Gasteiger charge is -2.26. The van der Waals surface area contributed by atoms with Gasteiger partial charge in [0.05, 0.1) is 16.5 Å². The second-order valence-corrected chi connectivity index (χ2v) is 9.30. The van der Waals surface area contributed by atoms with Crippen LogP contribution < -0.4 is 10.0 Å². The van der Waals surface area contributed by atoms with Gasteiger partial charge >= 0.3 is 5.97 Å². The van der Waals surface area contributed by atoms with Crippen LogP contribution in [0.25, 0.3) is 0 Å². The highest BCUT2D eigenvalue weighted by molar-refractivity contribution is 7.89. The lowest BCUT2D eigenvalue weighted by atomic mass is 9.88. The molecule has 0 aromatic heterocycles. The molecular weight excluding hydrogens is 404 g/mol. The Labute approximate surface area is 176 Å². The van der Waals surface area contributed by atoms with E-state index in [1.165, 1.54) is 29.8 Å². The topological polar surface area (TPSA) is 102 Å². The van der Waals surface area contributed by atoms with Gasteiger partial charge in [0.15, 0.2) is 6.61 Å². The summed E-state index contributed by atoms with van der Waals surface area (Å²) < 4.78 is 31.8. The van der Waals surface area contributed by atoms with Crippen LogP contribution in [0.15, 0.2) is 53.4 Å². The number of aryl methyl sites for hydroxylation is 1. The summed E-state index contributed by atoms with van der Waals surface area (Å²) >= 11 is 0. The highest BCUT2D eigenvalue weighted by Crippen LogP contribution is 2.29. The van der Waals surface area contributed by atoms with Crippen LogP contribution >= 0.6 is 0 Å². The Morgan fingerprint density at radius 3 is 2.50 bits per heavy atom. The first-order valence-corrected chi connectivity index (χ1v) is 11.4. The lowest BCUT2D eigenvalue weighted by molar-refractivity contribution is -0.125. The summed E-state index contributed by atoms with van der Waals surface area (Å²) in [6.45, 7) is 3.05. The predicted octanol–water partition coefficient (Wildman–Crippen LogP) is 2.72. The number of rotatable bonds is 7. The fourth-order valence-electron chi connectivity index (χ4n) is 3.50. The molecule has 0 fully saturated rings. The Hall–Kier alpha value is -2.71. The molecule has 0 spiro atoms. The number of nitrogens with one attached hydrogen (secondary N) is 2. The molecule has 1 amide bonds. The fourth-order valence-corrected chi connectivity index (χ4v) is 4.75. The smallest absolute Gasteiger partial charge is 0.338 e. The summed E-state index contributed by atoms with van der Waals surface area (Å²) in [7, 11) is -3.63. The van der Waals surface area contributed by atoms with E-state index in [-0.39, 0.29) is 28.4 Å². The molecule has 3 rings (SSSR count). The first kappa shape index (κ1) is 22.0. The maximum Gasteiger partial charge on any atom is 0.338 e. The van der Waals surface area contributed by atoms with Gasteiger partial charge in [-0.3, -0.25) is 4.79 Å². The molecule has 1 aliphatic carbocycles. The van der Waals surface area contributed by atoms with Gasteiger partial charge in [-0.15, -0.1) is 0 Å². The summed E-state index contributed by atoms with van der Waals surface area (Å²) in [5, 5.41) is 2.93. The molecule has 2 aromatic rings. The molecule has 30 heavy (non-hydrogen) atoms. The van der Waals surface area contributed by atoms with Crippen molar-refractivity contribution in [3.63, 3.8) is 0 Å². The second kappa shape index (κ2) is 9.40. The van der Waals surface area contributed by atoms with Crippen molar-refractivity contribution in [3.05, 3.63) is 65.2 Å². The highest BCUT2D eigenvalue weighted by atomic mass is 32.2. The number of benzene rings is 2. The average Bonchev–Trinajstić information content (AvgIpc) is 2.71. The van der Waals surface area contributed by atoms with E-state index in [4.69, 9.17) is 4.74 Å². The minimum Gasteiger partial charge on any atom is -0.452 e. The Bertz CT molecular complexity index is 1020. The van der Waals surface area contributed by atoms with E-state index in [2.05, 4.69) is 16.1 Å². The molecule has 0 bridgehead atoms. The molecule has 0 heterocycles. The van der Waals surface area contributed by atoms with E-state index >= 15 is 0 Å². The molecule has 8 heteroatoms. The first-order valence-electron chi connectivity index (χ1n) is 9.93. The largest absolute Gasteiger partial charge is 0.452 e. The van der Waals surface area contributed by atoms with E-state index in [0.29, 0.717) is 0 Å². The van der Waals surface area contributed by atoms with Crippen LogP contribution in [0.1, 0.15) is 54.2 Å². The zero-order valence-electron chi connectivity index (χ0n) is 17.1. The normalized spacial score (nSPS) is 16.0. The molecule has 7 nitrogen and oxygen atoms in total. The zero-order valence-corrected chi connectivity index (χ0v) is 17.9. The molecule has 1 unspecified atom stereocenters. The number of carbonyl (C=O) groups excluding carboxylic acids is 2. The van der Waals surface area contributed by atoms with E-state index in [0.717, 1.165) is 24.8 Å². The third-order valence-corrected chi connectivity index (χ3v) is 6.50. The third kappa shape index (κ3) is 5.46. The molecule has 2 N–H and O–H groups in total. The molecule has 2 aromatic carbocycles. The average molecular weight is 431 g/mol. The Balaban J connectivity index is 1.55. The minimum absolute atomic E-state index is 0.0569. The van der Waals surface area contributed by atoms with Crippen LogP contribution in [-0.2, 0) is 26.0 Å². The summed E-state index contributed by atoms with van der Waals surface area (Å²) in [5.74, 6) is -1.06. The highest BCUT2D eigenvalue weighted by Gasteiger charge is 2.22. The number of ether oxygens (including phenoxy) is 1. The summed E-state index contributed by atoms with van der Waals surface area (Å²) in [5.41, 5.74) is 2.51. The zero-order chi connectivity index (χ0) is 21.7. The van der Waals surface area contributed by atoms with Crippen molar-refractivity contribution in [2.45, 2.75) is 50.1 Å². The fraction of sp³-hybridized carbons (Fsp3) is 0.364. The second-order valence-electron chi connectivity index (χ2n) is 7.59. The third-order valence-electron chi connectivity index (χ3n) is 4.83. The van der Waals surface area contributed by atoms with Crippen molar-refractivity contribution in [1.29, 1.82) is 0 Å². The Morgan fingerprint density at radius 1 is 1.10 bits per heavy atom. The van der Waals surface area contributed by atoms with Crippen molar-refractivity contribution in [2.75, 3.05) is 6.61 Å². The van der Waals surface area contributed by atoms with Crippen molar-refractivity contribution in [2.24, 2.45) is 0 Å².